The standard InChI is InChI=1S/C15H17BrF3NO/c1-2-20-12(7-4-8-15(17,18)19)13-9-10-5-3-6-11(16)14(10)21-13/h3,5-6,9,12,20H,2,4,7-8H2,1H3. The van der Waals surface area contributed by atoms with Gasteiger partial charge >= 0.3 is 6.18 Å². The van der Waals surface area contributed by atoms with Gasteiger partial charge in [0.1, 0.15) is 11.3 Å². The first-order chi connectivity index (χ1) is 9.90. The van der Waals surface area contributed by atoms with Gasteiger partial charge in [0, 0.05) is 11.8 Å². The molecule has 0 aliphatic carbocycles. The summed E-state index contributed by atoms with van der Waals surface area (Å²) in [6.07, 6.45) is -4.39. The Morgan fingerprint density at radius 1 is 1.33 bits per heavy atom. The van der Waals surface area contributed by atoms with Gasteiger partial charge in [-0.1, -0.05) is 19.1 Å². The van der Waals surface area contributed by atoms with Crippen LogP contribution in [0.15, 0.2) is 33.2 Å². The lowest BCUT2D eigenvalue weighted by atomic mass is 10.1. The first-order valence-corrected chi connectivity index (χ1v) is 7.68. The molecule has 21 heavy (non-hydrogen) atoms. The maximum atomic E-state index is 12.3. The van der Waals surface area contributed by atoms with Gasteiger partial charge < -0.3 is 9.73 Å². The van der Waals surface area contributed by atoms with Crippen LogP contribution in [0.4, 0.5) is 13.2 Å². The Hall–Kier alpha value is -1.01. The lowest BCUT2D eigenvalue weighted by Gasteiger charge is -2.15. The summed E-state index contributed by atoms with van der Waals surface area (Å²) in [5.41, 5.74) is 0.728. The van der Waals surface area contributed by atoms with Crippen LogP contribution in [0.3, 0.4) is 0 Å². The molecule has 1 atom stereocenters. The van der Waals surface area contributed by atoms with Crippen LogP contribution in [-0.4, -0.2) is 12.7 Å². The molecule has 116 valence electrons. The second-order valence-electron chi connectivity index (χ2n) is 4.92. The Balaban J connectivity index is 2.14. The summed E-state index contributed by atoms with van der Waals surface area (Å²) in [5, 5.41) is 4.13. The molecule has 0 bridgehead atoms. The van der Waals surface area contributed by atoms with Crippen LogP contribution >= 0.6 is 15.9 Å². The van der Waals surface area contributed by atoms with Gasteiger partial charge in [0.2, 0.25) is 0 Å². The largest absolute Gasteiger partial charge is 0.458 e. The van der Waals surface area contributed by atoms with Crippen molar-refractivity contribution in [1.29, 1.82) is 0 Å². The monoisotopic (exact) mass is 363 g/mol. The fraction of sp³-hybridized carbons (Fsp3) is 0.467. The quantitative estimate of drug-likeness (QED) is 0.724. The normalized spacial score (nSPS) is 13.8. The van der Waals surface area contributed by atoms with E-state index in [1.165, 1.54) is 0 Å². The van der Waals surface area contributed by atoms with Crippen molar-refractivity contribution in [1.82, 2.24) is 5.32 Å². The van der Waals surface area contributed by atoms with Crippen molar-refractivity contribution in [2.24, 2.45) is 0 Å². The van der Waals surface area contributed by atoms with E-state index in [2.05, 4.69) is 21.2 Å². The second kappa shape index (κ2) is 6.83. The molecule has 1 N–H and O–H groups in total. The summed E-state index contributed by atoms with van der Waals surface area (Å²) in [7, 11) is 0. The minimum Gasteiger partial charge on any atom is -0.458 e. The van der Waals surface area contributed by atoms with E-state index in [9.17, 15) is 13.2 Å². The fourth-order valence-corrected chi connectivity index (χ4v) is 2.78. The molecule has 0 radical (unpaired) electrons. The number of hydrogen-bond donors (Lipinski definition) is 1. The van der Waals surface area contributed by atoms with Crippen LogP contribution in [0.25, 0.3) is 11.0 Å². The van der Waals surface area contributed by atoms with E-state index in [0.717, 1.165) is 15.4 Å². The van der Waals surface area contributed by atoms with E-state index in [1.54, 1.807) is 0 Å². The first-order valence-electron chi connectivity index (χ1n) is 6.89. The van der Waals surface area contributed by atoms with Crippen molar-refractivity contribution in [3.63, 3.8) is 0 Å². The lowest BCUT2D eigenvalue weighted by molar-refractivity contribution is -0.135. The molecule has 1 heterocycles. The molecule has 0 amide bonds. The molecule has 1 aromatic heterocycles. The Bertz CT molecular complexity index is 594. The molecule has 0 fully saturated rings. The van der Waals surface area contributed by atoms with Crippen LogP contribution in [0.1, 0.15) is 38.0 Å². The number of rotatable bonds is 6. The van der Waals surface area contributed by atoms with Gasteiger partial charge in [-0.2, -0.15) is 13.2 Å². The first kappa shape index (κ1) is 16.4. The molecule has 0 aliphatic heterocycles. The summed E-state index contributed by atoms with van der Waals surface area (Å²) in [4.78, 5) is 0. The molecule has 2 aromatic rings. The molecule has 2 nitrogen and oxygen atoms in total. The van der Waals surface area contributed by atoms with Gasteiger partial charge in [0.05, 0.1) is 10.5 Å². The van der Waals surface area contributed by atoms with Crippen LogP contribution in [0, 0.1) is 0 Å². The van der Waals surface area contributed by atoms with Crippen LogP contribution in [0.5, 0.6) is 0 Å². The van der Waals surface area contributed by atoms with Crippen molar-refractivity contribution in [3.05, 3.63) is 34.5 Å². The highest BCUT2D eigenvalue weighted by Gasteiger charge is 2.27. The minimum atomic E-state index is -4.10. The number of para-hydroxylation sites is 1. The second-order valence-corrected chi connectivity index (χ2v) is 5.78. The molecule has 0 saturated carbocycles. The van der Waals surface area contributed by atoms with Gasteiger partial charge in [-0.05, 0) is 47.4 Å². The smallest absolute Gasteiger partial charge is 0.389 e. The average molecular weight is 364 g/mol. The zero-order valence-corrected chi connectivity index (χ0v) is 13.2. The molecule has 0 spiro atoms. The van der Waals surface area contributed by atoms with Gasteiger partial charge in [-0.25, -0.2) is 0 Å². The highest BCUT2D eigenvalue weighted by Crippen LogP contribution is 2.32. The third-order valence-electron chi connectivity index (χ3n) is 3.26. The third kappa shape index (κ3) is 4.48. The Kier molecular flexibility index (Phi) is 5.32. The number of halogens is 4. The summed E-state index contributed by atoms with van der Waals surface area (Å²) in [5.74, 6) is 0.681. The molecule has 0 aliphatic rings. The van der Waals surface area contributed by atoms with Gasteiger partial charge in [-0.15, -0.1) is 0 Å². The van der Waals surface area contributed by atoms with Crippen LogP contribution in [-0.2, 0) is 0 Å². The molecule has 1 aromatic carbocycles. The Labute approximate surface area is 129 Å². The molecule has 2 rings (SSSR count). The number of nitrogens with one attached hydrogen (secondary N) is 1. The predicted octanol–water partition coefficient (Wildman–Crippen LogP) is 5.58. The Morgan fingerprint density at radius 3 is 2.71 bits per heavy atom. The number of benzene rings is 1. The summed E-state index contributed by atoms with van der Waals surface area (Å²) in [6, 6.07) is 7.39. The van der Waals surface area contributed by atoms with E-state index < -0.39 is 12.6 Å². The molecular weight excluding hydrogens is 347 g/mol. The fourth-order valence-electron chi connectivity index (χ4n) is 2.32. The zero-order valence-electron chi connectivity index (χ0n) is 11.6. The summed E-state index contributed by atoms with van der Waals surface area (Å²) >= 11 is 3.41. The van der Waals surface area contributed by atoms with Gasteiger partial charge in [-0.3, -0.25) is 0 Å². The zero-order chi connectivity index (χ0) is 15.5. The SMILES string of the molecule is CCNC(CCCC(F)(F)F)c1cc2cccc(Br)c2o1. The average Bonchev–Trinajstić information content (AvgIpc) is 2.82. The van der Waals surface area contributed by atoms with Crippen molar-refractivity contribution < 1.29 is 17.6 Å². The molecule has 6 heteroatoms. The van der Waals surface area contributed by atoms with Crippen LogP contribution < -0.4 is 5.32 Å². The molecular formula is C15H17BrF3NO. The van der Waals surface area contributed by atoms with Crippen LogP contribution in [0.2, 0.25) is 0 Å². The van der Waals surface area contributed by atoms with E-state index in [0.29, 0.717) is 18.7 Å². The highest BCUT2D eigenvalue weighted by molar-refractivity contribution is 9.10. The van der Waals surface area contributed by atoms with Crippen molar-refractivity contribution in [3.8, 4) is 0 Å². The van der Waals surface area contributed by atoms with Gasteiger partial charge in [0.15, 0.2) is 0 Å². The maximum absolute atomic E-state index is 12.3. The van der Waals surface area contributed by atoms with Crippen molar-refractivity contribution >= 4 is 26.9 Å². The van der Waals surface area contributed by atoms with E-state index in [4.69, 9.17) is 4.42 Å². The number of furan rings is 1. The Morgan fingerprint density at radius 2 is 2.10 bits per heavy atom. The maximum Gasteiger partial charge on any atom is 0.389 e. The summed E-state index contributed by atoms with van der Waals surface area (Å²) in [6.45, 7) is 2.60. The molecule has 1 unspecified atom stereocenters. The topological polar surface area (TPSA) is 25.2 Å². The van der Waals surface area contributed by atoms with Crippen molar-refractivity contribution in [2.75, 3.05) is 6.54 Å². The lowest BCUT2D eigenvalue weighted by Crippen LogP contribution is -2.21. The van der Waals surface area contributed by atoms with Crippen molar-refractivity contribution in [2.45, 2.75) is 38.4 Å². The van der Waals surface area contributed by atoms with Gasteiger partial charge in [0.25, 0.3) is 0 Å². The van der Waals surface area contributed by atoms with E-state index >= 15 is 0 Å². The number of alkyl halides is 3. The summed E-state index contributed by atoms with van der Waals surface area (Å²) < 4.78 is 43.4. The predicted molar refractivity (Wildman–Crippen MR) is 80.2 cm³/mol. The highest BCUT2D eigenvalue weighted by atomic mass is 79.9. The van der Waals surface area contributed by atoms with E-state index in [1.807, 2.05) is 31.2 Å². The van der Waals surface area contributed by atoms with E-state index in [-0.39, 0.29) is 12.5 Å². The number of fused-ring (bicyclic) bond motifs is 1. The third-order valence-corrected chi connectivity index (χ3v) is 3.89. The minimum absolute atomic E-state index is 0.0827. The molecule has 0 saturated heterocycles. The number of hydrogen-bond acceptors (Lipinski definition) is 2.